The molecule has 21 heavy (non-hydrogen) atoms. The van der Waals surface area contributed by atoms with E-state index < -0.39 is 10.0 Å². The highest BCUT2D eigenvalue weighted by Crippen LogP contribution is 2.23. The van der Waals surface area contributed by atoms with Gasteiger partial charge in [-0.3, -0.25) is 0 Å². The molecule has 2 rings (SSSR count). The molecule has 0 atom stereocenters. The van der Waals surface area contributed by atoms with Crippen LogP contribution in [-0.2, 0) is 23.2 Å². The Balaban J connectivity index is 2.22. The average Bonchev–Trinajstić information content (AvgIpc) is 2.46. The monoisotopic (exact) mass is 345 g/mol. The van der Waals surface area contributed by atoms with Gasteiger partial charge in [-0.2, -0.15) is 0 Å². The van der Waals surface area contributed by atoms with E-state index in [9.17, 15) is 8.42 Å². The normalized spacial score (nSPS) is 11.6. The highest BCUT2D eigenvalue weighted by molar-refractivity contribution is 7.89. The number of nitrogens with one attached hydrogen (secondary N) is 1. The molecule has 0 bridgehead atoms. The van der Waals surface area contributed by atoms with Crippen molar-refractivity contribution in [3.8, 4) is 0 Å². The van der Waals surface area contributed by atoms with Crippen LogP contribution in [0.2, 0.25) is 10.0 Å². The summed E-state index contributed by atoms with van der Waals surface area (Å²) in [6, 6.07) is 11.3. The largest absolute Gasteiger partial charge is 0.392 e. The number of hydrogen-bond donors (Lipinski definition) is 2. The molecule has 0 aromatic heterocycles. The van der Waals surface area contributed by atoms with Crippen LogP contribution in [0.4, 0.5) is 0 Å². The molecule has 0 saturated heterocycles. The van der Waals surface area contributed by atoms with Gasteiger partial charge in [-0.25, -0.2) is 13.1 Å². The van der Waals surface area contributed by atoms with Gasteiger partial charge in [0.15, 0.2) is 0 Å². The molecule has 0 unspecified atom stereocenters. The fourth-order valence-electron chi connectivity index (χ4n) is 1.76. The summed E-state index contributed by atoms with van der Waals surface area (Å²) < 4.78 is 27.0. The summed E-state index contributed by atoms with van der Waals surface area (Å²) in [4.78, 5) is -0.0576. The first-order valence-electron chi connectivity index (χ1n) is 6.06. The second-order valence-corrected chi connectivity index (χ2v) is 6.96. The summed E-state index contributed by atoms with van der Waals surface area (Å²) >= 11 is 11.8. The van der Waals surface area contributed by atoms with Gasteiger partial charge in [0.1, 0.15) is 4.90 Å². The molecule has 2 N–H and O–H groups in total. The van der Waals surface area contributed by atoms with Crippen molar-refractivity contribution in [1.82, 2.24) is 4.72 Å². The third kappa shape index (κ3) is 4.18. The predicted octanol–water partition coefficient (Wildman–Crippen LogP) is 2.96. The van der Waals surface area contributed by atoms with E-state index in [1.807, 2.05) is 0 Å². The van der Waals surface area contributed by atoms with E-state index in [2.05, 4.69) is 4.72 Å². The molecule has 2 aromatic carbocycles. The molecular formula is C14H13Cl2NO3S. The standard InChI is InChI=1S/C14H13Cl2NO3S/c15-12-3-1-2-10(6-12)8-17-21(19,20)14-7-11(9-18)4-5-13(14)16/h1-7,17-18H,8-9H2. The average molecular weight is 346 g/mol. The lowest BCUT2D eigenvalue weighted by atomic mass is 10.2. The molecule has 0 spiro atoms. The molecule has 0 radical (unpaired) electrons. The zero-order valence-electron chi connectivity index (χ0n) is 10.9. The first-order valence-corrected chi connectivity index (χ1v) is 8.29. The Labute approximate surface area is 133 Å². The van der Waals surface area contributed by atoms with Crippen molar-refractivity contribution in [2.75, 3.05) is 0 Å². The molecule has 4 nitrogen and oxygen atoms in total. The maximum Gasteiger partial charge on any atom is 0.242 e. The number of halogens is 2. The van der Waals surface area contributed by atoms with E-state index >= 15 is 0 Å². The maximum absolute atomic E-state index is 12.3. The fourth-order valence-corrected chi connectivity index (χ4v) is 3.53. The van der Waals surface area contributed by atoms with E-state index in [0.717, 1.165) is 5.56 Å². The number of aliphatic hydroxyl groups excluding tert-OH is 1. The van der Waals surface area contributed by atoms with Gasteiger partial charge < -0.3 is 5.11 Å². The Bertz CT molecular complexity index is 748. The van der Waals surface area contributed by atoms with Crippen LogP contribution in [0.3, 0.4) is 0 Å². The van der Waals surface area contributed by atoms with Crippen LogP contribution < -0.4 is 4.72 Å². The minimum Gasteiger partial charge on any atom is -0.392 e. The summed E-state index contributed by atoms with van der Waals surface area (Å²) in [5, 5.41) is 9.72. The third-order valence-corrected chi connectivity index (χ3v) is 4.94. The molecule has 0 fully saturated rings. The molecule has 0 aliphatic carbocycles. The number of rotatable bonds is 5. The zero-order chi connectivity index (χ0) is 15.5. The number of sulfonamides is 1. The number of benzene rings is 2. The van der Waals surface area contributed by atoms with E-state index in [-0.39, 0.29) is 23.1 Å². The van der Waals surface area contributed by atoms with Gasteiger partial charge in [-0.1, -0.05) is 41.4 Å². The van der Waals surface area contributed by atoms with Gasteiger partial charge in [-0.05, 0) is 35.4 Å². The summed E-state index contributed by atoms with van der Waals surface area (Å²) in [7, 11) is -3.77. The Morgan fingerprint density at radius 3 is 2.48 bits per heavy atom. The Morgan fingerprint density at radius 1 is 1.05 bits per heavy atom. The predicted molar refractivity (Wildman–Crippen MR) is 82.9 cm³/mol. The third-order valence-electron chi connectivity index (χ3n) is 2.82. The van der Waals surface area contributed by atoms with Crippen molar-refractivity contribution in [2.24, 2.45) is 0 Å². The lowest BCUT2D eigenvalue weighted by molar-refractivity contribution is 0.281. The Morgan fingerprint density at radius 2 is 1.81 bits per heavy atom. The SMILES string of the molecule is O=S(=O)(NCc1cccc(Cl)c1)c1cc(CO)ccc1Cl. The first-order chi connectivity index (χ1) is 9.92. The molecule has 0 saturated carbocycles. The van der Waals surface area contributed by atoms with Crippen LogP contribution in [0.5, 0.6) is 0 Å². The van der Waals surface area contributed by atoms with E-state index in [1.54, 1.807) is 30.3 Å². The van der Waals surface area contributed by atoms with Gasteiger partial charge in [0.25, 0.3) is 0 Å². The summed E-state index contributed by atoms with van der Waals surface area (Å²) in [6.07, 6.45) is 0. The lowest BCUT2D eigenvalue weighted by Crippen LogP contribution is -2.23. The minimum atomic E-state index is -3.77. The van der Waals surface area contributed by atoms with E-state index in [0.29, 0.717) is 10.6 Å². The second kappa shape index (κ2) is 6.77. The van der Waals surface area contributed by atoms with Gasteiger partial charge in [-0.15, -0.1) is 0 Å². The Kier molecular flexibility index (Phi) is 5.24. The fraction of sp³-hybridized carbons (Fsp3) is 0.143. The second-order valence-electron chi connectivity index (χ2n) is 4.38. The van der Waals surface area contributed by atoms with Gasteiger partial charge >= 0.3 is 0 Å². The van der Waals surface area contributed by atoms with E-state index in [1.165, 1.54) is 12.1 Å². The highest BCUT2D eigenvalue weighted by Gasteiger charge is 2.18. The van der Waals surface area contributed by atoms with Crippen LogP contribution in [0.1, 0.15) is 11.1 Å². The summed E-state index contributed by atoms with van der Waals surface area (Å²) in [6.45, 7) is -0.156. The summed E-state index contributed by atoms with van der Waals surface area (Å²) in [5.74, 6) is 0. The molecular weight excluding hydrogens is 333 g/mol. The zero-order valence-corrected chi connectivity index (χ0v) is 13.2. The van der Waals surface area contributed by atoms with Crippen LogP contribution in [0.15, 0.2) is 47.4 Å². The number of aliphatic hydroxyl groups is 1. The van der Waals surface area contributed by atoms with Gasteiger partial charge in [0, 0.05) is 11.6 Å². The van der Waals surface area contributed by atoms with Crippen LogP contribution in [-0.4, -0.2) is 13.5 Å². The molecule has 7 heteroatoms. The van der Waals surface area contributed by atoms with Crippen molar-refractivity contribution in [3.05, 3.63) is 63.6 Å². The van der Waals surface area contributed by atoms with Crippen LogP contribution >= 0.6 is 23.2 Å². The first kappa shape index (κ1) is 16.3. The van der Waals surface area contributed by atoms with Gasteiger partial charge in [0.05, 0.1) is 11.6 Å². The highest BCUT2D eigenvalue weighted by atomic mass is 35.5. The molecule has 0 amide bonds. The molecule has 0 aliphatic heterocycles. The molecule has 0 heterocycles. The van der Waals surface area contributed by atoms with Crippen LogP contribution in [0, 0.1) is 0 Å². The maximum atomic E-state index is 12.3. The van der Waals surface area contributed by atoms with Crippen LogP contribution in [0.25, 0.3) is 0 Å². The van der Waals surface area contributed by atoms with E-state index in [4.69, 9.17) is 28.3 Å². The van der Waals surface area contributed by atoms with Crippen molar-refractivity contribution in [2.45, 2.75) is 18.0 Å². The summed E-state index contributed by atoms with van der Waals surface area (Å²) in [5.41, 5.74) is 1.21. The van der Waals surface area contributed by atoms with Crippen molar-refractivity contribution in [1.29, 1.82) is 0 Å². The topological polar surface area (TPSA) is 66.4 Å². The number of hydrogen-bond acceptors (Lipinski definition) is 3. The van der Waals surface area contributed by atoms with Crippen molar-refractivity contribution in [3.63, 3.8) is 0 Å². The van der Waals surface area contributed by atoms with Crippen molar-refractivity contribution >= 4 is 33.2 Å². The van der Waals surface area contributed by atoms with Gasteiger partial charge in [0.2, 0.25) is 10.0 Å². The molecule has 2 aromatic rings. The lowest BCUT2D eigenvalue weighted by Gasteiger charge is -2.10. The minimum absolute atomic E-state index is 0.0576. The Hall–Kier alpha value is -1.11. The quantitative estimate of drug-likeness (QED) is 0.875. The molecule has 112 valence electrons. The smallest absolute Gasteiger partial charge is 0.242 e. The molecule has 0 aliphatic rings. The van der Waals surface area contributed by atoms with Crippen molar-refractivity contribution < 1.29 is 13.5 Å².